The number of anilines is 4. The first-order chi connectivity index (χ1) is 14.9. The van der Waals surface area contributed by atoms with E-state index < -0.39 is 5.82 Å². The Bertz CT molecular complexity index is 1090. The third-order valence-electron chi connectivity index (χ3n) is 5.25. The highest BCUT2D eigenvalue weighted by atomic mass is 32.1. The van der Waals surface area contributed by atoms with Crippen LogP contribution in [-0.4, -0.2) is 59.5 Å². The number of rotatable bonds is 7. The van der Waals surface area contributed by atoms with Crippen molar-refractivity contribution in [1.82, 2.24) is 19.9 Å². The molecule has 0 saturated carbocycles. The fourth-order valence-electron chi connectivity index (χ4n) is 3.57. The molecule has 0 radical (unpaired) electrons. The number of halogens is 1. The molecule has 0 aliphatic carbocycles. The van der Waals surface area contributed by atoms with Crippen LogP contribution in [0.3, 0.4) is 0 Å². The summed E-state index contributed by atoms with van der Waals surface area (Å²) in [7, 11) is 4.20. The molecule has 3 aromatic rings. The Morgan fingerprint density at radius 3 is 2.84 bits per heavy atom. The Morgan fingerprint density at radius 1 is 1.29 bits per heavy atom. The minimum atomic E-state index is -0.495. The van der Waals surface area contributed by atoms with Crippen LogP contribution in [0.5, 0.6) is 0 Å². The molecule has 1 aromatic carbocycles. The van der Waals surface area contributed by atoms with E-state index in [1.165, 1.54) is 23.5 Å². The molecule has 31 heavy (non-hydrogen) atoms. The SMILES string of the molecule is Cc1nc(Nc2ncc(-c3ccc(NC=O)c(F)c3)s2)cc(N2CCC(N(C)C)C2)n1. The first-order valence-electron chi connectivity index (χ1n) is 9.93. The fraction of sp³-hybridized carbons (Fsp3) is 0.333. The number of nitrogens with zero attached hydrogens (tertiary/aromatic N) is 5. The molecule has 1 saturated heterocycles. The Morgan fingerprint density at radius 2 is 2.13 bits per heavy atom. The van der Waals surface area contributed by atoms with Gasteiger partial charge in [0.05, 0.1) is 10.6 Å². The Labute approximate surface area is 184 Å². The van der Waals surface area contributed by atoms with Crippen LogP contribution in [0.25, 0.3) is 10.4 Å². The van der Waals surface area contributed by atoms with Crippen molar-refractivity contribution in [3.63, 3.8) is 0 Å². The van der Waals surface area contributed by atoms with Crippen molar-refractivity contribution in [2.75, 3.05) is 42.7 Å². The van der Waals surface area contributed by atoms with Crippen molar-refractivity contribution < 1.29 is 9.18 Å². The van der Waals surface area contributed by atoms with Crippen molar-refractivity contribution in [2.24, 2.45) is 0 Å². The van der Waals surface area contributed by atoms with Gasteiger partial charge in [0.1, 0.15) is 23.3 Å². The van der Waals surface area contributed by atoms with Crippen molar-refractivity contribution in [3.8, 4) is 10.4 Å². The summed E-state index contributed by atoms with van der Waals surface area (Å²) in [5, 5.41) is 6.23. The molecule has 1 aliphatic rings. The molecular weight excluding hydrogens is 417 g/mol. The van der Waals surface area contributed by atoms with Gasteiger partial charge in [-0.25, -0.2) is 19.3 Å². The first-order valence-corrected chi connectivity index (χ1v) is 10.7. The van der Waals surface area contributed by atoms with Crippen LogP contribution in [0.1, 0.15) is 12.2 Å². The molecule has 1 atom stereocenters. The molecule has 1 aliphatic heterocycles. The number of hydrogen-bond acceptors (Lipinski definition) is 8. The number of carbonyl (C=O) groups is 1. The first kappa shape index (κ1) is 21.1. The second-order valence-electron chi connectivity index (χ2n) is 7.62. The van der Waals surface area contributed by atoms with E-state index in [-0.39, 0.29) is 5.69 Å². The van der Waals surface area contributed by atoms with Crippen LogP contribution in [0.15, 0.2) is 30.5 Å². The van der Waals surface area contributed by atoms with E-state index in [0.29, 0.717) is 34.8 Å². The Balaban J connectivity index is 1.50. The van der Waals surface area contributed by atoms with Gasteiger partial charge in [-0.05, 0) is 45.1 Å². The second-order valence-corrected chi connectivity index (χ2v) is 8.65. The van der Waals surface area contributed by atoms with Crippen LogP contribution in [0.2, 0.25) is 0 Å². The predicted molar refractivity (Wildman–Crippen MR) is 122 cm³/mol. The maximum atomic E-state index is 14.1. The Hall–Kier alpha value is -3.11. The summed E-state index contributed by atoms with van der Waals surface area (Å²) in [6, 6.07) is 7.11. The summed E-state index contributed by atoms with van der Waals surface area (Å²) in [6.07, 6.45) is 3.24. The Kier molecular flexibility index (Phi) is 6.10. The third-order valence-corrected chi connectivity index (χ3v) is 6.21. The topological polar surface area (TPSA) is 86.3 Å². The number of amides is 1. The molecule has 8 nitrogen and oxygen atoms in total. The lowest BCUT2D eigenvalue weighted by molar-refractivity contribution is -0.105. The maximum absolute atomic E-state index is 14.1. The molecule has 4 rings (SSSR count). The van der Waals surface area contributed by atoms with Crippen molar-refractivity contribution in [1.29, 1.82) is 0 Å². The quantitative estimate of drug-likeness (QED) is 0.543. The maximum Gasteiger partial charge on any atom is 0.211 e. The molecular formula is C21H24FN7OS. The molecule has 0 bridgehead atoms. The van der Waals surface area contributed by atoms with Crippen molar-refractivity contribution in [3.05, 3.63) is 42.1 Å². The van der Waals surface area contributed by atoms with Crippen molar-refractivity contribution in [2.45, 2.75) is 19.4 Å². The van der Waals surface area contributed by atoms with E-state index in [0.717, 1.165) is 30.2 Å². The summed E-state index contributed by atoms with van der Waals surface area (Å²) in [5.41, 5.74) is 0.829. The highest BCUT2D eigenvalue weighted by Crippen LogP contribution is 2.32. The largest absolute Gasteiger partial charge is 0.355 e. The highest BCUT2D eigenvalue weighted by molar-refractivity contribution is 7.18. The van der Waals surface area contributed by atoms with Gasteiger partial charge in [0.15, 0.2) is 5.13 Å². The number of hydrogen-bond donors (Lipinski definition) is 2. The van der Waals surface area contributed by atoms with Crippen molar-refractivity contribution >= 4 is 40.2 Å². The van der Waals surface area contributed by atoms with Gasteiger partial charge in [-0.3, -0.25) is 4.79 Å². The summed E-state index contributed by atoms with van der Waals surface area (Å²) in [5.74, 6) is 1.76. The number of nitrogens with one attached hydrogen (secondary N) is 2. The van der Waals surface area contributed by atoms with Gasteiger partial charge in [0, 0.05) is 31.4 Å². The van der Waals surface area contributed by atoms with Crippen LogP contribution >= 0.6 is 11.3 Å². The zero-order chi connectivity index (χ0) is 22.0. The molecule has 1 unspecified atom stereocenters. The van der Waals surface area contributed by atoms with Gasteiger partial charge in [0.25, 0.3) is 0 Å². The molecule has 2 aromatic heterocycles. The summed E-state index contributed by atoms with van der Waals surface area (Å²) < 4.78 is 14.1. The minimum Gasteiger partial charge on any atom is -0.355 e. The average Bonchev–Trinajstić information content (AvgIpc) is 3.39. The average molecular weight is 442 g/mol. The van der Waals surface area contributed by atoms with E-state index >= 15 is 0 Å². The van der Waals surface area contributed by atoms with Gasteiger partial charge in [-0.1, -0.05) is 17.4 Å². The summed E-state index contributed by atoms with van der Waals surface area (Å²) in [4.78, 5) is 29.3. The van der Waals surface area contributed by atoms with Crippen LogP contribution < -0.4 is 15.5 Å². The number of aromatic nitrogens is 3. The lowest BCUT2D eigenvalue weighted by atomic mass is 10.2. The van der Waals surface area contributed by atoms with Gasteiger partial charge >= 0.3 is 0 Å². The highest BCUT2D eigenvalue weighted by Gasteiger charge is 2.25. The predicted octanol–water partition coefficient (Wildman–Crippen LogP) is 3.50. The smallest absolute Gasteiger partial charge is 0.211 e. The minimum absolute atomic E-state index is 0.143. The number of thiazole rings is 1. The molecule has 3 heterocycles. The lowest BCUT2D eigenvalue weighted by Gasteiger charge is -2.21. The lowest BCUT2D eigenvalue weighted by Crippen LogP contribution is -2.31. The van der Waals surface area contributed by atoms with Gasteiger partial charge < -0.3 is 20.4 Å². The van der Waals surface area contributed by atoms with E-state index in [1.54, 1.807) is 12.3 Å². The monoisotopic (exact) mass is 441 g/mol. The van der Waals surface area contributed by atoms with Gasteiger partial charge in [-0.15, -0.1) is 0 Å². The molecule has 162 valence electrons. The summed E-state index contributed by atoms with van der Waals surface area (Å²) >= 11 is 1.40. The van der Waals surface area contributed by atoms with E-state index in [1.807, 2.05) is 13.0 Å². The van der Waals surface area contributed by atoms with E-state index in [4.69, 9.17) is 0 Å². The normalized spacial score (nSPS) is 16.0. The van der Waals surface area contributed by atoms with Crippen LogP contribution in [-0.2, 0) is 4.79 Å². The number of likely N-dealkylation sites (N-methyl/N-ethyl adjacent to an activating group) is 1. The molecule has 10 heteroatoms. The number of benzene rings is 1. The van der Waals surface area contributed by atoms with Crippen LogP contribution in [0.4, 0.5) is 26.8 Å². The number of aryl methyl sites for hydroxylation is 1. The zero-order valence-corrected chi connectivity index (χ0v) is 18.4. The van der Waals surface area contributed by atoms with Gasteiger partial charge in [-0.2, -0.15) is 0 Å². The molecule has 1 fully saturated rings. The standard InChI is InChI=1S/C21H24FN7OS/c1-13-25-19(9-20(26-13)29-7-6-15(11-29)28(2)3)27-21-23-10-18(31-21)14-4-5-17(24-12-30)16(22)8-14/h4-5,8-10,12,15H,6-7,11H2,1-3H3,(H,24,30)(H,23,25,26,27). The van der Waals surface area contributed by atoms with E-state index in [2.05, 4.69) is 49.5 Å². The third kappa shape index (κ3) is 4.80. The molecule has 2 N–H and O–H groups in total. The number of carbonyl (C=O) groups excluding carboxylic acids is 1. The second kappa shape index (κ2) is 8.94. The van der Waals surface area contributed by atoms with E-state index in [9.17, 15) is 9.18 Å². The zero-order valence-electron chi connectivity index (χ0n) is 17.6. The van der Waals surface area contributed by atoms with Gasteiger partial charge in [0.2, 0.25) is 6.41 Å². The fourth-order valence-corrected chi connectivity index (χ4v) is 4.39. The summed E-state index contributed by atoms with van der Waals surface area (Å²) in [6.45, 7) is 3.77. The molecule has 0 spiro atoms. The van der Waals surface area contributed by atoms with Crippen LogP contribution in [0, 0.1) is 12.7 Å². The molecule has 1 amide bonds.